The highest BCUT2D eigenvalue weighted by Gasteiger charge is 2.24. The molecule has 1 amide bonds. The second kappa shape index (κ2) is 7.83. The van der Waals surface area contributed by atoms with Crippen LogP contribution in [0.1, 0.15) is 17.5 Å². The second-order valence-corrected chi connectivity index (χ2v) is 6.27. The normalized spacial score (nSPS) is 12.4. The van der Waals surface area contributed by atoms with Gasteiger partial charge < -0.3 is 10.2 Å². The predicted octanol–water partition coefficient (Wildman–Crippen LogP) is 3.84. The Labute approximate surface area is 158 Å². The number of anilines is 2. The number of pyridine rings is 1. The summed E-state index contributed by atoms with van der Waals surface area (Å²) < 4.78 is 0. The van der Waals surface area contributed by atoms with Crippen molar-refractivity contribution in [3.63, 3.8) is 0 Å². The maximum Gasteiger partial charge on any atom is 0.207 e. The average molecular weight is 356 g/mol. The van der Waals surface area contributed by atoms with Crippen LogP contribution in [0.2, 0.25) is 0 Å². The van der Waals surface area contributed by atoms with Gasteiger partial charge in [0.25, 0.3) is 0 Å². The van der Waals surface area contributed by atoms with Crippen molar-refractivity contribution >= 4 is 29.3 Å². The lowest BCUT2D eigenvalue weighted by Gasteiger charge is -2.25. The summed E-state index contributed by atoms with van der Waals surface area (Å²) in [6.45, 7) is 1.36. The van der Waals surface area contributed by atoms with E-state index in [1.807, 2.05) is 42.5 Å². The first-order valence-electron chi connectivity index (χ1n) is 9.01. The number of carbonyl (C=O) groups excluding carboxylic acids is 1. The van der Waals surface area contributed by atoms with Crippen LogP contribution < -0.4 is 10.2 Å². The van der Waals surface area contributed by atoms with E-state index in [9.17, 15) is 4.79 Å². The molecule has 0 spiro atoms. The van der Waals surface area contributed by atoms with Crippen LogP contribution in [0.3, 0.4) is 0 Å². The zero-order valence-corrected chi connectivity index (χ0v) is 14.9. The molecule has 0 radical (unpaired) electrons. The molecule has 0 bridgehead atoms. The Morgan fingerprint density at radius 3 is 2.63 bits per heavy atom. The van der Waals surface area contributed by atoms with E-state index < -0.39 is 0 Å². The first-order valence-corrected chi connectivity index (χ1v) is 9.01. The summed E-state index contributed by atoms with van der Waals surface area (Å²) in [6.07, 6.45) is 3.34. The quantitative estimate of drug-likeness (QED) is 0.539. The molecule has 0 aliphatic carbocycles. The van der Waals surface area contributed by atoms with Crippen LogP contribution in [0.25, 0.3) is 0 Å². The lowest BCUT2D eigenvalue weighted by molar-refractivity contribution is -0.109. The van der Waals surface area contributed by atoms with Crippen LogP contribution in [-0.2, 0) is 4.79 Å². The van der Waals surface area contributed by atoms with Gasteiger partial charge in [-0.15, -0.1) is 0 Å². The Morgan fingerprint density at radius 2 is 1.78 bits per heavy atom. The molecule has 1 N–H and O–H groups in total. The molecular formula is C22H20N4O. The van der Waals surface area contributed by atoms with Crippen molar-refractivity contribution in [2.24, 2.45) is 4.99 Å². The summed E-state index contributed by atoms with van der Waals surface area (Å²) in [5.74, 6) is 0.835. The Bertz CT molecular complexity index is 969. The van der Waals surface area contributed by atoms with Gasteiger partial charge in [-0.1, -0.05) is 48.5 Å². The third kappa shape index (κ3) is 3.44. The number of aromatic nitrogens is 1. The number of aliphatic imine (C=N–C) groups is 1. The van der Waals surface area contributed by atoms with E-state index in [1.54, 1.807) is 6.20 Å². The molecule has 0 saturated carbocycles. The van der Waals surface area contributed by atoms with E-state index in [1.165, 1.54) is 0 Å². The van der Waals surface area contributed by atoms with Crippen molar-refractivity contribution in [1.82, 2.24) is 10.3 Å². The highest BCUT2D eigenvalue weighted by Crippen LogP contribution is 2.38. The van der Waals surface area contributed by atoms with Crippen LogP contribution in [0.4, 0.5) is 17.2 Å². The molecular weight excluding hydrogens is 336 g/mol. The summed E-state index contributed by atoms with van der Waals surface area (Å²) >= 11 is 0. The standard InChI is InChI=1S/C22H20N4O/c27-16-23-13-7-15-26-20-12-5-4-10-18(20)21(17-8-2-1-3-9-17)25-19-11-6-14-24-22(19)26/h1-6,8-12,14,16H,7,13,15H2,(H,23,27). The summed E-state index contributed by atoms with van der Waals surface area (Å²) in [6, 6.07) is 22.4. The summed E-state index contributed by atoms with van der Waals surface area (Å²) in [5.41, 5.74) is 5.00. The van der Waals surface area contributed by atoms with Gasteiger partial charge in [0.2, 0.25) is 6.41 Å². The molecule has 0 atom stereocenters. The number of nitrogens with one attached hydrogen (secondary N) is 1. The number of carbonyl (C=O) groups is 1. The van der Waals surface area contributed by atoms with Crippen LogP contribution in [-0.4, -0.2) is 30.2 Å². The number of fused-ring (bicyclic) bond motifs is 2. The lowest BCUT2D eigenvalue weighted by Crippen LogP contribution is -2.24. The molecule has 4 rings (SSSR count). The molecule has 1 aromatic heterocycles. The Balaban J connectivity index is 1.84. The summed E-state index contributed by atoms with van der Waals surface area (Å²) in [4.78, 5) is 22.3. The Kier molecular flexibility index (Phi) is 4.92. The van der Waals surface area contributed by atoms with Crippen molar-refractivity contribution in [3.05, 3.63) is 84.1 Å². The SMILES string of the molecule is O=CNCCCN1c2ccccc2C(c2ccccc2)=Nc2cccnc21. The fourth-order valence-electron chi connectivity index (χ4n) is 3.33. The number of para-hydroxylation sites is 1. The molecule has 0 unspecified atom stereocenters. The van der Waals surface area contributed by atoms with E-state index in [-0.39, 0.29) is 0 Å². The first kappa shape index (κ1) is 17.0. The largest absolute Gasteiger partial charge is 0.359 e. The van der Waals surface area contributed by atoms with Crippen molar-refractivity contribution in [2.75, 3.05) is 18.0 Å². The zero-order valence-electron chi connectivity index (χ0n) is 14.9. The fourth-order valence-corrected chi connectivity index (χ4v) is 3.33. The minimum Gasteiger partial charge on any atom is -0.359 e. The first-order chi connectivity index (χ1) is 13.4. The van der Waals surface area contributed by atoms with Gasteiger partial charge >= 0.3 is 0 Å². The van der Waals surface area contributed by atoms with Crippen molar-refractivity contribution < 1.29 is 4.79 Å². The maximum atomic E-state index is 10.6. The van der Waals surface area contributed by atoms with Gasteiger partial charge in [-0.25, -0.2) is 9.98 Å². The Hall–Kier alpha value is -3.47. The molecule has 5 heteroatoms. The number of benzene rings is 2. The molecule has 2 heterocycles. The van der Waals surface area contributed by atoms with E-state index in [0.29, 0.717) is 6.54 Å². The van der Waals surface area contributed by atoms with Crippen molar-refractivity contribution in [3.8, 4) is 0 Å². The topological polar surface area (TPSA) is 57.6 Å². The minimum absolute atomic E-state index is 0.622. The maximum absolute atomic E-state index is 10.6. The van der Waals surface area contributed by atoms with Gasteiger partial charge in [0.15, 0.2) is 5.82 Å². The highest BCUT2D eigenvalue weighted by atomic mass is 16.1. The molecule has 27 heavy (non-hydrogen) atoms. The van der Waals surface area contributed by atoms with Gasteiger partial charge in [0.05, 0.1) is 11.4 Å². The summed E-state index contributed by atoms with van der Waals surface area (Å²) in [7, 11) is 0. The van der Waals surface area contributed by atoms with Crippen molar-refractivity contribution in [1.29, 1.82) is 0 Å². The van der Waals surface area contributed by atoms with Gasteiger partial charge in [-0.2, -0.15) is 0 Å². The molecule has 1 aliphatic rings. The van der Waals surface area contributed by atoms with Crippen molar-refractivity contribution in [2.45, 2.75) is 6.42 Å². The number of rotatable bonds is 6. The monoisotopic (exact) mass is 356 g/mol. The van der Waals surface area contributed by atoms with E-state index >= 15 is 0 Å². The molecule has 134 valence electrons. The molecule has 2 aromatic carbocycles. The van der Waals surface area contributed by atoms with Crippen LogP contribution in [0.15, 0.2) is 77.9 Å². The molecule has 0 saturated heterocycles. The zero-order chi connectivity index (χ0) is 18.5. The minimum atomic E-state index is 0.622. The third-order valence-electron chi connectivity index (χ3n) is 4.54. The molecule has 5 nitrogen and oxygen atoms in total. The highest BCUT2D eigenvalue weighted by molar-refractivity contribution is 6.18. The van der Waals surface area contributed by atoms with Crippen LogP contribution >= 0.6 is 0 Å². The number of hydrogen-bond acceptors (Lipinski definition) is 4. The molecule has 3 aromatic rings. The smallest absolute Gasteiger partial charge is 0.207 e. The summed E-state index contributed by atoms with van der Waals surface area (Å²) in [5, 5.41) is 2.73. The van der Waals surface area contributed by atoms with Gasteiger partial charge in [-0.3, -0.25) is 4.79 Å². The second-order valence-electron chi connectivity index (χ2n) is 6.27. The van der Waals surface area contributed by atoms with E-state index in [0.717, 1.165) is 53.4 Å². The van der Waals surface area contributed by atoms with E-state index in [4.69, 9.17) is 4.99 Å². The molecule has 0 fully saturated rings. The average Bonchev–Trinajstić information content (AvgIpc) is 2.87. The van der Waals surface area contributed by atoms with Gasteiger partial charge in [0, 0.05) is 30.4 Å². The lowest BCUT2D eigenvalue weighted by atomic mass is 10.00. The number of nitrogens with zero attached hydrogens (tertiary/aromatic N) is 3. The fraction of sp³-hybridized carbons (Fsp3) is 0.136. The number of amides is 1. The van der Waals surface area contributed by atoms with E-state index in [2.05, 4.69) is 39.5 Å². The molecule has 1 aliphatic heterocycles. The number of hydrogen-bond donors (Lipinski definition) is 1. The van der Waals surface area contributed by atoms with Crippen LogP contribution in [0, 0.1) is 0 Å². The third-order valence-corrected chi connectivity index (χ3v) is 4.54. The van der Waals surface area contributed by atoms with Gasteiger partial charge in [-0.05, 0) is 24.6 Å². The van der Waals surface area contributed by atoms with Gasteiger partial charge in [0.1, 0.15) is 5.69 Å². The van der Waals surface area contributed by atoms with Crippen LogP contribution in [0.5, 0.6) is 0 Å². The Morgan fingerprint density at radius 1 is 0.963 bits per heavy atom. The predicted molar refractivity (Wildman–Crippen MR) is 108 cm³/mol.